The molecule has 0 radical (unpaired) electrons. The van der Waals surface area contributed by atoms with Gasteiger partial charge in [-0.3, -0.25) is 9.20 Å². The molecule has 0 saturated heterocycles. The van der Waals surface area contributed by atoms with E-state index in [0.29, 0.717) is 23.6 Å². The van der Waals surface area contributed by atoms with Gasteiger partial charge in [0.2, 0.25) is 0 Å². The van der Waals surface area contributed by atoms with Crippen molar-refractivity contribution in [3.05, 3.63) is 76.2 Å². The van der Waals surface area contributed by atoms with Crippen LogP contribution < -0.4 is 15.8 Å². The number of nitrogens with one attached hydrogen (secondary N) is 1. The molecule has 0 bridgehead atoms. The van der Waals surface area contributed by atoms with Crippen molar-refractivity contribution in [1.82, 2.24) is 14.7 Å². The summed E-state index contributed by atoms with van der Waals surface area (Å²) >= 11 is 0. The number of rotatable bonds is 4. The largest absolute Gasteiger partial charge is 0.467 e. The number of methoxy groups -OCH3 is 1. The number of aromatic nitrogens is 2. The minimum atomic E-state index is -1.16. The molecule has 4 rings (SSSR count). The molecule has 1 aliphatic rings. The number of fused-ring (bicyclic) bond motifs is 2. The highest BCUT2D eigenvalue weighted by Gasteiger charge is 2.57. The first-order chi connectivity index (χ1) is 14.7. The first kappa shape index (κ1) is 21.1. The maximum atomic E-state index is 13.6. The molecule has 0 aliphatic carbocycles. The number of hydrogen-bond donors (Lipinski definition) is 1. The average Bonchev–Trinajstić information content (AvgIpc) is 2.96. The van der Waals surface area contributed by atoms with Crippen LogP contribution >= 0.6 is 0 Å². The van der Waals surface area contributed by atoms with Gasteiger partial charge in [0.25, 0.3) is 5.56 Å². The number of ether oxygens (including phenoxy) is 1. The summed E-state index contributed by atoms with van der Waals surface area (Å²) in [4.78, 5) is 33.6. The lowest BCUT2D eigenvalue weighted by atomic mass is 9.88. The van der Waals surface area contributed by atoms with Gasteiger partial charge in [0, 0.05) is 18.3 Å². The van der Waals surface area contributed by atoms with E-state index in [1.54, 1.807) is 18.3 Å². The van der Waals surface area contributed by atoms with Gasteiger partial charge in [0.15, 0.2) is 5.54 Å². The van der Waals surface area contributed by atoms with Gasteiger partial charge in [0.05, 0.1) is 18.7 Å². The van der Waals surface area contributed by atoms with E-state index >= 15 is 0 Å². The topological polar surface area (TPSA) is 75.9 Å². The minimum absolute atomic E-state index is 0.187. The van der Waals surface area contributed by atoms with Gasteiger partial charge in [-0.05, 0) is 45.4 Å². The summed E-state index contributed by atoms with van der Waals surface area (Å²) in [7, 11) is 1.38. The Bertz CT molecular complexity index is 1180. The molecule has 7 nitrogen and oxygen atoms in total. The van der Waals surface area contributed by atoms with Crippen molar-refractivity contribution in [3.8, 4) is 0 Å². The van der Waals surface area contributed by atoms with Crippen molar-refractivity contribution in [2.24, 2.45) is 0 Å². The van der Waals surface area contributed by atoms with Crippen molar-refractivity contribution in [2.45, 2.75) is 51.4 Å². The van der Waals surface area contributed by atoms with Crippen LogP contribution in [0.4, 0.5) is 5.82 Å². The van der Waals surface area contributed by atoms with Crippen LogP contribution in [-0.4, -0.2) is 33.5 Å². The van der Waals surface area contributed by atoms with E-state index in [4.69, 9.17) is 9.72 Å². The second kappa shape index (κ2) is 7.50. The van der Waals surface area contributed by atoms with Gasteiger partial charge < -0.3 is 15.0 Å². The van der Waals surface area contributed by atoms with Gasteiger partial charge in [0.1, 0.15) is 11.5 Å². The molecular weight excluding hydrogens is 392 g/mol. The maximum absolute atomic E-state index is 13.6. The Balaban J connectivity index is 2.01. The highest BCUT2D eigenvalue weighted by molar-refractivity contribution is 5.89. The molecule has 1 aliphatic heterocycles. The quantitative estimate of drug-likeness (QED) is 0.654. The zero-order valence-electron chi connectivity index (χ0n) is 18.5. The molecule has 162 valence electrons. The van der Waals surface area contributed by atoms with Gasteiger partial charge in [-0.1, -0.05) is 36.4 Å². The van der Waals surface area contributed by atoms with Crippen molar-refractivity contribution >= 4 is 17.4 Å². The fourth-order valence-corrected chi connectivity index (χ4v) is 4.29. The second-order valence-electron chi connectivity index (χ2n) is 9.12. The number of hydrogen-bond acceptors (Lipinski definition) is 6. The summed E-state index contributed by atoms with van der Waals surface area (Å²) in [5.74, 6) is 0.0892. The van der Waals surface area contributed by atoms with E-state index in [0.717, 1.165) is 5.56 Å². The summed E-state index contributed by atoms with van der Waals surface area (Å²) in [6, 6.07) is 14.7. The Kier molecular flexibility index (Phi) is 5.09. The Morgan fingerprint density at radius 2 is 1.84 bits per heavy atom. The smallest absolute Gasteiger partial charge is 0.333 e. The lowest BCUT2D eigenvalue weighted by molar-refractivity contribution is -0.147. The van der Waals surface area contributed by atoms with Crippen molar-refractivity contribution in [2.75, 3.05) is 12.0 Å². The fraction of sp³-hybridized carbons (Fsp3) is 0.375. The van der Waals surface area contributed by atoms with E-state index in [2.05, 4.69) is 5.32 Å². The SMILES string of the molecule is COC(=O)[C@@]1(C)[C@@H](NC(C)(C)C)c2c(nc3ccccn3c2=O)N1Cc1ccccc1. The summed E-state index contributed by atoms with van der Waals surface area (Å²) < 4.78 is 6.79. The predicted molar refractivity (Wildman–Crippen MR) is 120 cm³/mol. The molecule has 2 aromatic heterocycles. The Morgan fingerprint density at radius 1 is 1.16 bits per heavy atom. The van der Waals surface area contributed by atoms with Crippen LogP contribution in [0.15, 0.2) is 59.5 Å². The Hall–Kier alpha value is -3.19. The number of carbonyl (C=O) groups excluding carboxylic acids is 1. The molecule has 1 N–H and O–H groups in total. The molecule has 3 aromatic rings. The minimum Gasteiger partial charge on any atom is -0.467 e. The van der Waals surface area contributed by atoms with Crippen LogP contribution in [0.5, 0.6) is 0 Å². The number of anilines is 1. The summed E-state index contributed by atoms with van der Waals surface area (Å²) in [6.45, 7) is 8.27. The molecule has 31 heavy (non-hydrogen) atoms. The van der Waals surface area contributed by atoms with Crippen LogP contribution in [0.25, 0.3) is 5.65 Å². The molecule has 7 heteroatoms. The van der Waals surface area contributed by atoms with Crippen LogP contribution in [0, 0.1) is 0 Å². The number of nitrogens with zero attached hydrogens (tertiary/aromatic N) is 3. The lowest BCUT2D eigenvalue weighted by Crippen LogP contribution is -2.59. The molecule has 0 amide bonds. The summed E-state index contributed by atoms with van der Waals surface area (Å²) in [5.41, 5.74) is 0.311. The Labute approximate surface area is 181 Å². The predicted octanol–water partition coefficient (Wildman–Crippen LogP) is 3.08. The normalized spacial score (nSPS) is 20.7. The van der Waals surface area contributed by atoms with Crippen LogP contribution in [-0.2, 0) is 16.1 Å². The van der Waals surface area contributed by atoms with E-state index in [1.807, 2.05) is 69.0 Å². The van der Waals surface area contributed by atoms with Gasteiger partial charge in [-0.25, -0.2) is 9.78 Å². The molecule has 1 aromatic carbocycles. The third-order valence-corrected chi connectivity index (χ3v) is 5.78. The zero-order chi connectivity index (χ0) is 22.4. The van der Waals surface area contributed by atoms with E-state index in [9.17, 15) is 9.59 Å². The highest BCUT2D eigenvalue weighted by atomic mass is 16.5. The number of pyridine rings is 1. The fourth-order valence-electron chi connectivity index (χ4n) is 4.29. The van der Waals surface area contributed by atoms with E-state index in [-0.39, 0.29) is 11.1 Å². The van der Waals surface area contributed by atoms with Crippen molar-refractivity contribution < 1.29 is 9.53 Å². The summed E-state index contributed by atoms with van der Waals surface area (Å²) in [6.07, 6.45) is 1.70. The van der Waals surface area contributed by atoms with Crippen LogP contribution in [0.2, 0.25) is 0 Å². The molecule has 0 unspecified atom stereocenters. The van der Waals surface area contributed by atoms with Gasteiger partial charge in [-0.15, -0.1) is 0 Å². The molecule has 0 saturated carbocycles. The van der Waals surface area contributed by atoms with E-state index in [1.165, 1.54) is 11.5 Å². The molecule has 0 fully saturated rings. The second-order valence-corrected chi connectivity index (χ2v) is 9.12. The molecule has 0 spiro atoms. The number of esters is 1. The van der Waals surface area contributed by atoms with Crippen LogP contribution in [0.1, 0.15) is 44.9 Å². The standard InChI is InChI=1S/C24H28N4O3/c1-23(2,3)26-19-18-20(25-17-13-9-10-14-27(17)21(18)29)28(24(19,4)22(30)31-5)15-16-11-7-6-8-12-16/h6-14,19,26H,15H2,1-5H3/t19-,24+/m0/s1. The Morgan fingerprint density at radius 3 is 2.48 bits per heavy atom. The number of benzene rings is 1. The molecule has 2 atom stereocenters. The van der Waals surface area contributed by atoms with Crippen molar-refractivity contribution in [1.29, 1.82) is 0 Å². The van der Waals surface area contributed by atoms with Crippen LogP contribution in [0.3, 0.4) is 0 Å². The van der Waals surface area contributed by atoms with Crippen molar-refractivity contribution in [3.63, 3.8) is 0 Å². The molecular formula is C24H28N4O3. The average molecular weight is 421 g/mol. The third-order valence-electron chi connectivity index (χ3n) is 5.78. The highest BCUT2D eigenvalue weighted by Crippen LogP contribution is 2.46. The number of carbonyl (C=O) groups is 1. The van der Waals surface area contributed by atoms with Gasteiger partial charge >= 0.3 is 5.97 Å². The first-order valence-corrected chi connectivity index (χ1v) is 10.4. The third kappa shape index (κ3) is 3.49. The lowest BCUT2D eigenvalue weighted by Gasteiger charge is -2.40. The van der Waals surface area contributed by atoms with E-state index < -0.39 is 17.6 Å². The first-order valence-electron chi connectivity index (χ1n) is 10.4. The monoisotopic (exact) mass is 420 g/mol. The molecule has 3 heterocycles. The summed E-state index contributed by atoms with van der Waals surface area (Å²) in [5, 5.41) is 3.51. The zero-order valence-corrected chi connectivity index (χ0v) is 18.5. The van der Waals surface area contributed by atoms with Gasteiger partial charge in [-0.2, -0.15) is 0 Å². The maximum Gasteiger partial charge on any atom is 0.333 e.